The molecular weight excluding hydrogens is 260 g/mol. The van der Waals surface area contributed by atoms with E-state index in [1.165, 1.54) is 0 Å². The Labute approximate surface area is 118 Å². The van der Waals surface area contributed by atoms with Crippen molar-refractivity contribution in [3.05, 3.63) is 58.7 Å². The van der Waals surface area contributed by atoms with E-state index in [-0.39, 0.29) is 6.04 Å². The van der Waals surface area contributed by atoms with Crippen LogP contribution in [-0.2, 0) is 6.54 Å². The maximum Gasteiger partial charge on any atom is 0.212 e. The number of pyridine rings is 1. The Morgan fingerprint density at radius 1 is 1.26 bits per heavy atom. The van der Waals surface area contributed by atoms with E-state index in [1.54, 1.807) is 7.11 Å². The quantitative estimate of drug-likeness (QED) is 0.906. The SMILES string of the molecule is COc1ccc(CNC(C)c2ccccc2Cl)cn1. The minimum Gasteiger partial charge on any atom is -0.481 e. The van der Waals surface area contributed by atoms with Gasteiger partial charge in [-0.05, 0) is 24.1 Å². The highest BCUT2D eigenvalue weighted by molar-refractivity contribution is 6.31. The molecule has 0 aliphatic heterocycles. The highest BCUT2D eigenvalue weighted by Crippen LogP contribution is 2.22. The Balaban J connectivity index is 1.96. The molecule has 1 heterocycles. The molecule has 0 spiro atoms. The van der Waals surface area contributed by atoms with Gasteiger partial charge in [0.05, 0.1) is 7.11 Å². The van der Waals surface area contributed by atoms with Crippen molar-refractivity contribution in [1.82, 2.24) is 10.3 Å². The van der Waals surface area contributed by atoms with Crippen molar-refractivity contribution in [2.75, 3.05) is 7.11 Å². The average Bonchev–Trinajstić information content (AvgIpc) is 2.46. The van der Waals surface area contributed by atoms with Crippen LogP contribution in [0, 0.1) is 0 Å². The number of aromatic nitrogens is 1. The Kier molecular flexibility index (Phi) is 4.77. The molecule has 1 aromatic heterocycles. The molecule has 0 amide bonds. The largest absolute Gasteiger partial charge is 0.481 e. The van der Waals surface area contributed by atoms with Crippen LogP contribution in [-0.4, -0.2) is 12.1 Å². The third-order valence-electron chi connectivity index (χ3n) is 2.99. The van der Waals surface area contributed by atoms with E-state index in [0.29, 0.717) is 5.88 Å². The lowest BCUT2D eigenvalue weighted by atomic mass is 10.1. The molecule has 4 heteroatoms. The van der Waals surface area contributed by atoms with Crippen LogP contribution in [0.5, 0.6) is 5.88 Å². The lowest BCUT2D eigenvalue weighted by Crippen LogP contribution is -2.18. The van der Waals surface area contributed by atoms with Crippen molar-refractivity contribution in [3.63, 3.8) is 0 Å². The molecule has 1 N–H and O–H groups in total. The fraction of sp³-hybridized carbons (Fsp3) is 0.267. The van der Waals surface area contributed by atoms with Gasteiger partial charge in [-0.25, -0.2) is 4.98 Å². The van der Waals surface area contributed by atoms with Gasteiger partial charge in [-0.3, -0.25) is 0 Å². The first-order chi connectivity index (χ1) is 9.20. The number of nitrogens with zero attached hydrogens (tertiary/aromatic N) is 1. The van der Waals surface area contributed by atoms with Crippen LogP contribution < -0.4 is 10.1 Å². The molecule has 2 rings (SSSR count). The number of ether oxygens (including phenoxy) is 1. The topological polar surface area (TPSA) is 34.1 Å². The molecule has 19 heavy (non-hydrogen) atoms. The smallest absolute Gasteiger partial charge is 0.212 e. The molecule has 100 valence electrons. The average molecular weight is 277 g/mol. The number of rotatable bonds is 5. The molecule has 0 bridgehead atoms. The van der Waals surface area contributed by atoms with Gasteiger partial charge < -0.3 is 10.1 Å². The summed E-state index contributed by atoms with van der Waals surface area (Å²) in [5, 5.41) is 4.22. The second-order valence-electron chi connectivity index (χ2n) is 4.33. The van der Waals surface area contributed by atoms with Crippen LogP contribution in [0.3, 0.4) is 0 Å². The molecule has 0 aliphatic rings. The third kappa shape index (κ3) is 3.69. The summed E-state index contributed by atoms with van der Waals surface area (Å²) in [6, 6.07) is 11.9. The number of hydrogen-bond acceptors (Lipinski definition) is 3. The lowest BCUT2D eigenvalue weighted by molar-refractivity contribution is 0.397. The zero-order valence-electron chi connectivity index (χ0n) is 11.1. The predicted octanol–water partition coefficient (Wildman–Crippen LogP) is 3.59. The molecule has 0 aliphatic carbocycles. The molecule has 0 fully saturated rings. The maximum absolute atomic E-state index is 6.17. The third-order valence-corrected chi connectivity index (χ3v) is 3.34. The summed E-state index contributed by atoms with van der Waals surface area (Å²) in [6.07, 6.45) is 1.81. The van der Waals surface area contributed by atoms with E-state index in [1.807, 2.05) is 42.6 Å². The van der Waals surface area contributed by atoms with E-state index in [4.69, 9.17) is 16.3 Å². The second-order valence-corrected chi connectivity index (χ2v) is 4.74. The van der Waals surface area contributed by atoms with Gasteiger partial charge in [0.2, 0.25) is 5.88 Å². The Morgan fingerprint density at radius 3 is 2.68 bits per heavy atom. The molecule has 1 aromatic carbocycles. The van der Waals surface area contributed by atoms with E-state index in [0.717, 1.165) is 22.7 Å². The fourth-order valence-corrected chi connectivity index (χ4v) is 2.14. The number of hydrogen-bond donors (Lipinski definition) is 1. The van der Waals surface area contributed by atoms with Gasteiger partial charge in [0.1, 0.15) is 0 Å². The van der Waals surface area contributed by atoms with Gasteiger partial charge in [0.15, 0.2) is 0 Å². The van der Waals surface area contributed by atoms with Gasteiger partial charge in [0.25, 0.3) is 0 Å². The van der Waals surface area contributed by atoms with Crippen LogP contribution >= 0.6 is 11.6 Å². The summed E-state index contributed by atoms with van der Waals surface area (Å²) in [5.41, 5.74) is 2.21. The van der Waals surface area contributed by atoms with Crippen LogP contribution in [0.2, 0.25) is 5.02 Å². The molecule has 0 saturated heterocycles. The number of nitrogens with one attached hydrogen (secondary N) is 1. The van der Waals surface area contributed by atoms with Crippen LogP contribution in [0.15, 0.2) is 42.6 Å². The molecule has 0 radical (unpaired) electrons. The van der Waals surface area contributed by atoms with Gasteiger partial charge in [-0.2, -0.15) is 0 Å². The van der Waals surface area contributed by atoms with Gasteiger partial charge >= 0.3 is 0 Å². The molecule has 1 unspecified atom stereocenters. The van der Waals surface area contributed by atoms with Crippen LogP contribution in [0.1, 0.15) is 24.1 Å². The summed E-state index contributed by atoms with van der Waals surface area (Å²) >= 11 is 6.17. The Morgan fingerprint density at radius 2 is 2.05 bits per heavy atom. The van der Waals surface area contributed by atoms with Gasteiger partial charge in [-0.1, -0.05) is 35.9 Å². The summed E-state index contributed by atoms with van der Waals surface area (Å²) in [5.74, 6) is 0.628. The molecular formula is C15H17ClN2O. The van der Waals surface area contributed by atoms with Crippen LogP contribution in [0.25, 0.3) is 0 Å². The van der Waals surface area contributed by atoms with Crippen molar-refractivity contribution in [3.8, 4) is 5.88 Å². The van der Waals surface area contributed by atoms with E-state index in [2.05, 4.69) is 17.2 Å². The lowest BCUT2D eigenvalue weighted by Gasteiger charge is -2.15. The molecule has 2 aromatic rings. The highest BCUT2D eigenvalue weighted by atomic mass is 35.5. The monoisotopic (exact) mass is 276 g/mol. The first-order valence-electron chi connectivity index (χ1n) is 6.17. The van der Waals surface area contributed by atoms with Gasteiger partial charge in [-0.15, -0.1) is 0 Å². The first-order valence-corrected chi connectivity index (χ1v) is 6.55. The van der Waals surface area contributed by atoms with Crippen molar-refractivity contribution < 1.29 is 4.74 Å². The fourth-order valence-electron chi connectivity index (χ4n) is 1.84. The minimum absolute atomic E-state index is 0.191. The molecule has 1 atom stereocenters. The normalized spacial score (nSPS) is 12.2. The van der Waals surface area contributed by atoms with E-state index >= 15 is 0 Å². The summed E-state index contributed by atoms with van der Waals surface area (Å²) in [7, 11) is 1.61. The molecule has 0 saturated carbocycles. The first kappa shape index (κ1) is 13.8. The van der Waals surface area contributed by atoms with Crippen molar-refractivity contribution in [2.45, 2.75) is 19.5 Å². The zero-order valence-corrected chi connectivity index (χ0v) is 11.8. The van der Waals surface area contributed by atoms with Crippen molar-refractivity contribution in [2.24, 2.45) is 0 Å². The zero-order chi connectivity index (χ0) is 13.7. The van der Waals surface area contributed by atoms with E-state index in [9.17, 15) is 0 Å². The summed E-state index contributed by atoms with van der Waals surface area (Å²) in [4.78, 5) is 4.18. The number of halogens is 1. The number of benzene rings is 1. The highest BCUT2D eigenvalue weighted by Gasteiger charge is 2.08. The minimum atomic E-state index is 0.191. The summed E-state index contributed by atoms with van der Waals surface area (Å²) in [6.45, 7) is 2.83. The Hall–Kier alpha value is -1.58. The Bertz CT molecular complexity index is 528. The summed E-state index contributed by atoms with van der Waals surface area (Å²) < 4.78 is 5.03. The standard InChI is InChI=1S/C15H17ClN2O/c1-11(13-5-3-4-6-14(13)16)17-9-12-7-8-15(19-2)18-10-12/h3-8,10-11,17H,9H2,1-2H3. The second kappa shape index (κ2) is 6.55. The maximum atomic E-state index is 6.17. The van der Waals surface area contributed by atoms with Crippen LogP contribution in [0.4, 0.5) is 0 Å². The van der Waals surface area contributed by atoms with Crippen molar-refractivity contribution >= 4 is 11.6 Å². The van der Waals surface area contributed by atoms with E-state index < -0.39 is 0 Å². The van der Waals surface area contributed by atoms with Crippen molar-refractivity contribution in [1.29, 1.82) is 0 Å². The molecule has 3 nitrogen and oxygen atoms in total. The van der Waals surface area contributed by atoms with Gasteiger partial charge in [0, 0.05) is 29.9 Å². The predicted molar refractivity (Wildman–Crippen MR) is 77.5 cm³/mol. The number of methoxy groups -OCH3 is 1.